The highest BCUT2D eigenvalue weighted by Crippen LogP contribution is 2.25. The Bertz CT molecular complexity index is 503. The van der Waals surface area contributed by atoms with Gasteiger partial charge < -0.3 is 9.55 Å². The van der Waals surface area contributed by atoms with Gasteiger partial charge in [-0.25, -0.2) is 0 Å². The molecular weight excluding hydrogens is 196 g/mol. The van der Waals surface area contributed by atoms with Crippen molar-refractivity contribution in [3.05, 3.63) is 53.6 Å². The van der Waals surface area contributed by atoms with E-state index in [4.69, 9.17) is 0 Å². The highest BCUT2D eigenvalue weighted by atomic mass is 15.0. The van der Waals surface area contributed by atoms with Gasteiger partial charge in [-0.3, -0.25) is 0 Å². The van der Waals surface area contributed by atoms with E-state index in [1.165, 1.54) is 22.8 Å². The van der Waals surface area contributed by atoms with Crippen LogP contribution in [0.3, 0.4) is 0 Å². The van der Waals surface area contributed by atoms with Crippen LogP contribution in [0, 0.1) is 13.8 Å². The van der Waals surface area contributed by atoms with E-state index in [9.17, 15) is 0 Å². The summed E-state index contributed by atoms with van der Waals surface area (Å²) < 4.78 is 2.14. The molecule has 2 rings (SSSR count). The third kappa shape index (κ3) is 1.71. The summed E-state index contributed by atoms with van der Waals surface area (Å²) in [6, 6.07) is 8.55. The number of nitrogens with one attached hydrogen (secondary N) is 1. The van der Waals surface area contributed by atoms with E-state index < -0.39 is 0 Å². The fourth-order valence-corrected chi connectivity index (χ4v) is 2.11. The molecule has 2 heteroatoms. The molecule has 0 aliphatic rings. The lowest BCUT2D eigenvalue weighted by molar-refractivity contribution is 0.809. The summed E-state index contributed by atoms with van der Waals surface area (Å²) in [5.74, 6) is 0.361. The quantitative estimate of drug-likeness (QED) is 0.804. The van der Waals surface area contributed by atoms with Gasteiger partial charge in [-0.05, 0) is 38.1 Å². The molecule has 2 aromatic heterocycles. The second-order valence-corrected chi connectivity index (χ2v) is 4.27. The third-order valence-electron chi connectivity index (χ3n) is 3.10. The summed E-state index contributed by atoms with van der Waals surface area (Å²) >= 11 is 0. The van der Waals surface area contributed by atoms with Crippen molar-refractivity contribution in [1.82, 2.24) is 9.55 Å². The average Bonchev–Trinajstić information content (AvgIpc) is 2.83. The minimum Gasteiger partial charge on any atom is -0.362 e. The number of H-pyrrole nitrogens is 1. The molecule has 0 bridgehead atoms. The molecule has 1 atom stereocenters. The molecule has 0 saturated heterocycles. The maximum atomic E-state index is 3.86. The van der Waals surface area contributed by atoms with E-state index in [0.29, 0.717) is 5.92 Å². The molecule has 16 heavy (non-hydrogen) atoms. The zero-order chi connectivity index (χ0) is 11.7. The van der Waals surface area contributed by atoms with Gasteiger partial charge >= 0.3 is 0 Å². The van der Waals surface area contributed by atoms with Crippen LogP contribution in [0.4, 0.5) is 0 Å². The normalized spacial score (nSPS) is 12.7. The number of aromatic nitrogens is 2. The Labute approximate surface area is 96.6 Å². The van der Waals surface area contributed by atoms with Crippen LogP contribution < -0.4 is 0 Å². The van der Waals surface area contributed by atoms with Crippen molar-refractivity contribution in [2.24, 2.45) is 0 Å². The maximum absolute atomic E-state index is 3.86. The molecule has 84 valence electrons. The van der Waals surface area contributed by atoms with Gasteiger partial charge in [0.1, 0.15) is 0 Å². The zero-order valence-electron chi connectivity index (χ0n) is 10.1. The predicted octanol–water partition coefficient (Wildman–Crippen LogP) is 3.69. The van der Waals surface area contributed by atoms with E-state index in [1.807, 2.05) is 6.20 Å². The van der Waals surface area contributed by atoms with Crippen LogP contribution >= 0.6 is 0 Å². The van der Waals surface area contributed by atoms with Crippen LogP contribution in [0.25, 0.3) is 6.20 Å². The Hall–Kier alpha value is -1.70. The second-order valence-electron chi connectivity index (χ2n) is 4.27. The van der Waals surface area contributed by atoms with Crippen molar-refractivity contribution in [3.63, 3.8) is 0 Å². The second kappa shape index (κ2) is 4.05. The van der Waals surface area contributed by atoms with Gasteiger partial charge in [0.05, 0.1) is 0 Å². The molecule has 0 unspecified atom stereocenters. The molecule has 0 aromatic carbocycles. The van der Waals surface area contributed by atoms with Crippen molar-refractivity contribution in [1.29, 1.82) is 0 Å². The molecular formula is C14H18N2. The highest BCUT2D eigenvalue weighted by molar-refractivity contribution is 5.35. The van der Waals surface area contributed by atoms with Gasteiger partial charge in [0.2, 0.25) is 0 Å². The van der Waals surface area contributed by atoms with Crippen LogP contribution in [-0.4, -0.2) is 9.55 Å². The standard InChI is InChI=1S/C14H18N2/c1-5-16-11(3)7-9-14(16)12(4)13-8-6-10(2)15-13/h5-9,12,15H,1H2,2-4H3/t12-/m1/s1. The number of aromatic amines is 1. The first-order valence-electron chi connectivity index (χ1n) is 5.59. The Balaban J connectivity index is 2.40. The molecule has 0 aliphatic heterocycles. The van der Waals surface area contributed by atoms with Crippen LogP contribution in [0.1, 0.15) is 35.6 Å². The summed E-state index contributed by atoms with van der Waals surface area (Å²) in [5, 5.41) is 0. The third-order valence-corrected chi connectivity index (χ3v) is 3.10. The molecule has 0 spiro atoms. The molecule has 2 heterocycles. The van der Waals surface area contributed by atoms with Crippen LogP contribution in [0.15, 0.2) is 30.8 Å². The minimum atomic E-state index is 0.361. The van der Waals surface area contributed by atoms with Crippen LogP contribution in [-0.2, 0) is 0 Å². The van der Waals surface area contributed by atoms with E-state index in [-0.39, 0.29) is 0 Å². The van der Waals surface area contributed by atoms with Crippen molar-refractivity contribution >= 4 is 6.20 Å². The van der Waals surface area contributed by atoms with Crippen molar-refractivity contribution < 1.29 is 0 Å². The first-order chi connectivity index (χ1) is 7.63. The van der Waals surface area contributed by atoms with Gasteiger partial charge in [-0.15, -0.1) is 0 Å². The minimum absolute atomic E-state index is 0.361. The van der Waals surface area contributed by atoms with Crippen molar-refractivity contribution in [3.8, 4) is 0 Å². The molecule has 0 fully saturated rings. The highest BCUT2D eigenvalue weighted by Gasteiger charge is 2.14. The molecule has 0 radical (unpaired) electrons. The fourth-order valence-electron chi connectivity index (χ4n) is 2.11. The predicted molar refractivity (Wildman–Crippen MR) is 68.6 cm³/mol. The Kier molecular flexibility index (Phi) is 2.73. The Morgan fingerprint density at radius 3 is 2.56 bits per heavy atom. The molecule has 1 N–H and O–H groups in total. The largest absolute Gasteiger partial charge is 0.362 e. The van der Waals surface area contributed by atoms with E-state index in [0.717, 1.165) is 0 Å². The molecule has 2 aromatic rings. The van der Waals surface area contributed by atoms with Gasteiger partial charge in [-0.2, -0.15) is 0 Å². The number of nitrogens with zero attached hydrogens (tertiary/aromatic N) is 1. The summed E-state index contributed by atoms with van der Waals surface area (Å²) in [7, 11) is 0. The number of hydrogen-bond acceptors (Lipinski definition) is 0. The van der Waals surface area contributed by atoms with Gasteiger partial charge in [0.25, 0.3) is 0 Å². The van der Waals surface area contributed by atoms with Crippen molar-refractivity contribution in [2.75, 3.05) is 0 Å². The summed E-state index contributed by atoms with van der Waals surface area (Å²) in [5.41, 5.74) is 4.95. The van der Waals surface area contributed by atoms with E-state index in [1.54, 1.807) is 0 Å². The lowest BCUT2D eigenvalue weighted by atomic mass is 10.0. The molecule has 0 aliphatic carbocycles. The van der Waals surface area contributed by atoms with E-state index >= 15 is 0 Å². The average molecular weight is 214 g/mol. The van der Waals surface area contributed by atoms with E-state index in [2.05, 4.69) is 61.2 Å². The molecule has 0 saturated carbocycles. The van der Waals surface area contributed by atoms with Gasteiger partial charge in [0.15, 0.2) is 0 Å². The Morgan fingerprint density at radius 1 is 1.25 bits per heavy atom. The molecule has 0 amide bonds. The topological polar surface area (TPSA) is 20.7 Å². The lowest BCUT2D eigenvalue weighted by Crippen LogP contribution is -2.03. The summed E-state index contributed by atoms with van der Waals surface area (Å²) in [6.45, 7) is 10.2. The monoisotopic (exact) mass is 214 g/mol. The SMILES string of the molecule is C=Cn1c(C)ccc1[C@H](C)c1ccc(C)[nH]1. The number of hydrogen-bond donors (Lipinski definition) is 1. The zero-order valence-corrected chi connectivity index (χ0v) is 10.1. The fraction of sp³-hybridized carbons (Fsp3) is 0.286. The Morgan fingerprint density at radius 2 is 2.00 bits per heavy atom. The summed E-state index contributed by atoms with van der Waals surface area (Å²) in [6.07, 6.45) is 1.87. The number of aryl methyl sites for hydroxylation is 2. The van der Waals surface area contributed by atoms with Gasteiger partial charge in [0, 0.05) is 34.9 Å². The first-order valence-corrected chi connectivity index (χ1v) is 5.59. The van der Waals surface area contributed by atoms with Gasteiger partial charge in [-0.1, -0.05) is 13.5 Å². The van der Waals surface area contributed by atoms with Crippen LogP contribution in [0.2, 0.25) is 0 Å². The maximum Gasteiger partial charge on any atom is 0.0369 e. The number of rotatable bonds is 3. The first kappa shape index (κ1) is 10.8. The van der Waals surface area contributed by atoms with Crippen molar-refractivity contribution in [2.45, 2.75) is 26.7 Å². The molecule has 2 nitrogen and oxygen atoms in total. The van der Waals surface area contributed by atoms with Crippen LogP contribution in [0.5, 0.6) is 0 Å². The smallest absolute Gasteiger partial charge is 0.0369 e. The summed E-state index contributed by atoms with van der Waals surface area (Å²) in [4.78, 5) is 3.39. The lowest BCUT2D eigenvalue weighted by Gasteiger charge is -2.13.